The summed E-state index contributed by atoms with van der Waals surface area (Å²) in [7, 11) is 2.14. The van der Waals surface area contributed by atoms with E-state index in [2.05, 4.69) is 24.2 Å². The largest absolute Gasteiger partial charge is 0.317 e. The van der Waals surface area contributed by atoms with Crippen LogP contribution in [-0.4, -0.2) is 37.6 Å². The van der Waals surface area contributed by atoms with Gasteiger partial charge in [0.25, 0.3) is 0 Å². The smallest absolute Gasteiger partial charge is 0.0104 e. The van der Waals surface area contributed by atoms with E-state index < -0.39 is 0 Å². The Bertz CT molecular complexity index is 205. The summed E-state index contributed by atoms with van der Waals surface area (Å²) in [5, 5.41) is 3.53. The summed E-state index contributed by atoms with van der Waals surface area (Å²) in [6.45, 7) is 6.43. The summed E-state index contributed by atoms with van der Waals surface area (Å²) in [4.78, 5) is 2.72. The van der Waals surface area contributed by atoms with Crippen molar-refractivity contribution in [3.05, 3.63) is 0 Å². The zero-order valence-corrected chi connectivity index (χ0v) is 11.0. The lowest BCUT2D eigenvalue weighted by atomic mass is 9.83. The van der Waals surface area contributed by atoms with Crippen LogP contribution in [-0.2, 0) is 0 Å². The fourth-order valence-electron chi connectivity index (χ4n) is 3.59. The zero-order valence-electron chi connectivity index (χ0n) is 11.0. The number of piperidine rings is 1. The minimum absolute atomic E-state index is 0.783. The molecule has 16 heavy (non-hydrogen) atoms. The molecule has 1 aliphatic carbocycles. The maximum atomic E-state index is 3.53. The first kappa shape index (κ1) is 12.4. The molecule has 2 aliphatic rings. The molecule has 1 saturated heterocycles. The molecule has 1 saturated carbocycles. The molecule has 0 radical (unpaired) electrons. The molecule has 2 rings (SSSR count). The van der Waals surface area contributed by atoms with E-state index in [4.69, 9.17) is 0 Å². The number of hydrogen-bond donors (Lipinski definition) is 1. The molecule has 0 bridgehead atoms. The van der Waals surface area contributed by atoms with Crippen molar-refractivity contribution in [2.24, 2.45) is 11.8 Å². The van der Waals surface area contributed by atoms with Gasteiger partial charge in [-0.25, -0.2) is 0 Å². The molecule has 0 amide bonds. The molecule has 94 valence electrons. The molecule has 2 nitrogen and oxygen atoms in total. The molecule has 1 aliphatic heterocycles. The van der Waals surface area contributed by atoms with Gasteiger partial charge in [-0.3, -0.25) is 0 Å². The molecular formula is C14H28N2. The zero-order chi connectivity index (χ0) is 11.4. The summed E-state index contributed by atoms with van der Waals surface area (Å²) in [6, 6.07) is 0.783. The highest BCUT2D eigenvalue weighted by Crippen LogP contribution is 2.26. The van der Waals surface area contributed by atoms with E-state index in [1.54, 1.807) is 0 Å². The van der Waals surface area contributed by atoms with Gasteiger partial charge in [0.1, 0.15) is 0 Å². The van der Waals surface area contributed by atoms with Gasteiger partial charge < -0.3 is 10.2 Å². The van der Waals surface area contributed by atoms with Gasteiger partial charge in [-0.1, -0.05) is 19.8 Å². The Balaban J connectivity index is 1.82. The standard InChI is InChI=1S/C14H28N2/c1-12-6-5-9-16(10-12)11-13-7-3-4-8-14(13)15-2/h12-15H,3-11H2,1-2H3. The van der Waals surface area contributed by atoms with Crippen molar-refractivity contribution in [3.63, 3.8) is 0 Å². The lowest BCUT2D eigenvalue weighted by Gasteiger charge is -2.38. The highest BCUT2D eigenvalue weighted by atomic mass is 15.1. The van der Waals surface area contributed by atoms with Crippen molar-refractivity contribution >= 4 is 0 Å². The third kappa shape index (κ3) is 3.21. The topological polar surface area (TPSA) is 15.3 Å². The van der Waals surface area contributed by atoms with Crippen molar-refractivity contribution in [1.29, 1.82) is 0 Å². The highest BCUT2D eigenvalue weighted by Gasteiger charge is 2.27. The summed E-state index contributed by atoms with van der Waals surface area (Å²) in [5.74, 6) is 1.83. The van der Waals surface area contributed by atoms with E-state index in [1.807, 2.05) is 0 Å². The third-order valence-corrected chi connectivity index (χ3v) is 4.51. The van der Waals surface area contributed by atoms with Crippen molar-refractivity contribution in [2.45, 2.75) is 51.5 Å². The van der Waals surface area contributed by atoms with Gasteiger partial charge in [0.15, 0.2) is 0 Å². The first-order valence-electron chi connectivity index (χ1n) is 7.19. The van der Waals surface area contributed by atoms with E-state index in [1.165, 1.54) is 58.2 Å². The Morgan fingerprint density at radius 2 is 1.94 bits per heavy atom. The second kappa shape index (κ2) is 6.02. The van der Waals surface area contributed by atoms with Gasteiger partial charge in [-0.05, 0) is 51.1 Å². The van der Waals surface area contributed by atoms with Crippen LogP contribution in [0, 0.1) is 11.8 Å². The van der Waals surface area contributed by atoms with E-state index in [0.717, 1.165) is 17.9 Å². The predicted octanol–water partition coefficient (Wildman–Crippen LogP) is 2.50. The van der Waals surface area contributed by atoms with Gasteiger partial charge in [0, 0.05) is 19.1 Å². The van der Waals surface area contributed by atoms with Crippen LogP contribution in [0.15, 0.2) is 0 Å². The number of rotatable bonds is 3. The highest BCUT2D eigenvalue weighted by molar-refractivity contribution is 4.83. The van der Waals surface area contributed by atoms with Gasteiger partial charge in [-0.15, -0.1) is 0 Å². The third-order valence-electron chi connectivity index (χ3n) is 4.51. The van der Waals surface area contributed by atoms with Crippen LogP contribution in [0.1, 0.15) is 45.4 Å². The van der Waals surface area contributed by atoms with Crippen LogP contribution in [0.3, 0.4) is 0 Å². The van der Waals surface area contributed by atoms with E-state index in [0.29, 0.717) is 0 Å². The number of nitrogens with one attached hydrogen (secondary N) is 1. The summed E-state index contributed by atoms with van der Waals surface area (Å²) in [6.07, 6.45) is 8.57. The van der Waals surface area contributed by atoms with E-state index in [9.17, 15) is 0 Å². The second-order valence-electron chi connectivity index (χ2n) is 5.95. The monoisotopic (exact) mass is 224 g/mol. The fraction of sp³-hybridized carbons (Fsp3) is 1.00. The first-order chi connectivity index (χ1) is 7.79. The molecule has 2 heteroatoms. The number of likely N-dealkylation sites (tertiary alicyclic amines) is 1. The normalized spacial score (nSPS) is 37.5. The van der Waals surface area contributed by atoms with Gasteiger partial charge in [0.2, 0.25) is 0 Å². The Kier molecular flexibility index (Phi) is 4.66. The van der Waals surface area contributed by atoms with Crippen LogP contribution in [0.25, 0.3) is 0 Å². The molecule has 0 aromatic rings. The van der Waals surface area contributed by atoms with Gasteiger partial charge in [0.05, 0.1) is 0 Å². The van der Waals surface area contributed by atoms with Crippen LogP contribution in [0.5, 0.6) is 0 Å². The van der Waals surface area contributed by atoms with Crippen LogP contribution >= 0.6 is 0 Å². The maximum Gasteiger partial charge on any atom is 0.0104 e. The van der Waals surface area contributed by atoms with Crippen molar-refractivity contribution in [3.8, 4) is 0 Å². The summed E-state index contributed by atoms with van der Waals surface area (Å²) >= 11 is 0. The van der Waals surface area contributed by atoms with Crippen molar-refractivity contribution < 1.29 is 0 Å². The predicted molar refractivity (Wildman–Crippen MR) is 69.6 cm³/mol. The second-order valence-corrected chi connectivity index (χ2v) is 5.95. The minimum Gasteiger partial charge on any atom is -0.317 e. The Hall–Kier alpha value is -0.0800. The SMILES string of the molecule is CNC1CCCCC1CN1CCCC(C)C1. The maximum absolute atomic E-state index is 3.53. The Morgan fingerprint density at radius 3 is 2.69 bits per heavy atom. The van der Waals surface area contributed by atoms with Crippen molar-refractivity contribution in [1.82, 2.24) is 10.2 Å². The van der Waals surface area contributed by atoms with Crippen molar-refractivity contribution in [2.75, 3.05) is 26.7 Å². The quantitative estimate of drug-likeness (QED) is 0.792. The first-order valence-corrected chi connectivity index (χ1v) is 7.19. The molecule has 0 aromatic carbocycles. The lowest BCUT2D eigenvalue weighted by Crippen LogP contribution is -2.45. The molecule has 0 spiro atoms. The Labute approximate surface area is 101 Å². The fourth-order valence-corrected chi connectivity index (χ4v) is 3.59. The number of hydrogen-bond acceptors (Lipinski definition) is 2. The Morgan fingerprint density at radius 1 is 1.12 bits per heavy atom. The minimum atomic E-state index is 0.783. The van der Waals surface area contributed by atoms with Gasteiger partial charge >= 0.3 is 0 Å². The molecule has 0 aromatic heterocycles. The number of nitrogens with zero attached hydrogens (tertiary/aromatic N) is 1. The van der Waals surface area contributed by atoms with Gasteiger partial charge in [-0.2, -0.15) is 0 Å². The molecule has 2 fully saturated rings. The molecular weight excluding hydrogens is 196 g/mol. The lowest BCUT2D eigenvalue weighted by molar-refractivity contribution is 0.128. The van der Waals surface area contributed by atoms with E-state index in [-0.39, 0.29) is 0 Å². The van der Waals surface area contributed by atoms with Crippen LogP contribution in [0.4, 0.5) is 0 Å². The molecule has 1 N–H and O–H groups in total. The average molecular weight is 224 g/mol. The summed E-state index contributed by atoms with van der Waals surface area (Å²) < 4.78 is 0. The van der Waals surface area contributed by atoms with E-state index >= 15 is 0 Å². The average Bonchev–Trinajstić information content (AvgIpc) is 2.30. The molecule has 3 atom stereocenters. The summed E-state index contributed by atoms with van der Waals surface area (Å²) in [5.41, 5.74) is 0. The van der Waals surface area contributed by atoms with Crippen LogP contribution < -0.4 is 5.32 Å². The molecule has 3 unspecified atom stereocenters. The molecule has 1 heterocycles. The van der Waals surface area contributed by atoms with Crippen LogP contribution in [0.2, 0.25) is 0 Å².